The van der Waals surface area contributed by atoms with E-state index in [4.69, 9.17) is 44.9 Å². The lowest BCUT2D eigenvalue weighted by Crippen LogP contribution is -2.27. The Morgan fingerprint density at radius 1 is 1.00 bits per heavy atom. The van der Waals surface area contributed by atoms with E-state index in [9.17, 15) is 4.79 Å². The summed E-state index contributed by atoms with van der Waals surface area (Å²) >= 11 is 19.2. The molecule has 0 unspecified atom stereocenters. The van der Waals surface area contributed by atoms with Gasteiger partial charge >= 0.3 is 0 Å². The van der Waals surface area contributed by atoms with E-state index in [1.54, 1.807) is 36.3 Å². The van der Waals surface area contributed by atoms with Crippen molar-refractivity contribution in [1.82, 2.24) is 0 Å². The Bertz CT molecular complexity index is 1530. The minimum atomic E-state index is -0.184. The van der Waals surface area contributed by atoms with Crippen molar-refractivity contribution in [3.63, 3.8) is 0 Å². The lowest BCUT2D eigenvalue weighted by atomic mass is 10.1. The van der Waals surface area contributed by atoms with Gasteiger partial charge in [-0.2, -0.15) is 0 Å². The van der Waals surface area contributed by atoms with Crippen LogP contribution in [0.5, 0.6) is 11.5 Å². The van der Waals surface area contributed by atoms with Crippen LogP contribution in [0.15, 0.2) is 83.8 Å². The number of thioether (sulfide) groups is 1. The maximum Gasteiger partial charge on any atom is 0.270 e. The highest BCUT2D eigenvalue weighted by Crippen LogP contribution is 2.41. The molecule has 1 heterocycles. The Morgan fingerprint density at radius 3 is 2.58 bits per heavy atom. The summed E-state index contributed by atoms with van der Waals surface area (Å²) in [5.74, 6) is 0.857. The molecule has 180 valence electrons. The zero-order valence-electron chi connectivity index (χ0n) is 19.0. The number of nitrogens with zero attached hydrogens (tertiary/aromatic N) is 1. The number of ether oxygens (including phenoxy) is 2. The smallest absolute Gasteiger partial charge is 0.270 e. The first-order valence-electron chi connectivity index (χ1n) is 11.0. The van der Waals surface area contributed by atoms with Crippen LogP contribution in [0.1, 0.15) is 11.1 Å². The number of benzene rings is 4. The van der Waals surface area contributed by atoms with Crippen molar-refractivity contribution in [2.45, 2.75) is 6.61 Å². The molecule has 0 aromatic heterocycles. The van der Waals surface area contributed by atoms with Crippen LogP contribution in [0.25, 0.3) is 16.8 Å². The molecule has 1 amide bonds. The normalized spacial score (nSPS) is 14.6. The van der Waals surface area contributed by atoms with Gasteiger partial charge < -0.3 is 9.47 Å². The number of hydrogen-bond acceptors (Lipinski definition) is 5. The lowest BCUT2D eigenvalue weighted by Gasteiger charge is -2.17. The number of para-hydroxylation sites is 1. The minimum Gasteiger partial charge on any atom is -0.493 e. The third-order valence-electron chi connectivity index (χ3n) is 5.70. The Hall–Kier alpha value is -3.03. The van der Waals surface area contributed by atoms with Crippen molar-refractivity contribution >= 4 is 79.9 Å². The van der Waals surface area contributed by atoms with E-state index in [0.29, 0.717) is 36.3 Å². The molecule has 0 spiro atoms. The molecule has 0 radical (unpaired) electrons. The molecule has 1 saturated heterocycles. The van der Waals surface area contributed by atoms with Crippen LogP contribution in [-0.4, -0.2) is 17.3 Å². The van der Waals surface area contributed by atoms with Crippen molar-refractivity contribution in [1.29, 1.82) is 0 Å². The molecule has 0 atom stereocenters. The van der Waals surface area contributed by atoms with Gasteiger partial charge in [-0.1, -0.05) is 102 Å². The molecular weight excluding hydrogens is 533 g/mol. The molecule has 1 aliphatic heterocycles. The number of carbonyl (C=O) groups excluding carboxylic acids is 1. The number of thiocarbonyl (C=S) groups is 1. The SMILES string of the molecule is COc1cccc(/C=C2\SC(=S)N(c3cccc4ccccc34)C2=O)c1OCc1ccc(Cl)cc1Cl. The standard InChI is InChI=1S/C28H19Cl2NO3S2/c1-33-24-11-5-8-18(26(24)34-16-19-12-13-20(29)15-22(19)30)14-25-27(32)31(28(35)36-25)23-10-4-7-17-6-2-3-9-21(17)23/h2-15H,16H2,1H3/b25-14-. The topological polar surface area (TPSA) is 38.8 Å². The average molecular weight is 553 g/mol. The molecule has 0 saturated carbocycles. The van der Waals surface area contributed by atoms with E-state index < -0.39 is 0 Å². The molecule has 1 fully saturated rings. The molecule has 1 aliphatic rings. The summed E-state index contributed by atoms with van der Waals surface area (Å²) in [6, 6.07) is 24.5. The van der Waals surface area contributed by atoms with E-state index in [1.165, 1.54) is 11.8 Å². The second kappa shape index (κ2) is 10.5. The number of anilines is 1. The average Bonchev–Trinajstić information content (AvgIpc) is 3.15. The van der Waals surface area contributed by atoms with Gasteiger partial charge in [-0.3, -0.25) is 9.69 Å². The summed E-state index contributed by atoms with van der Waals surface area (Å²) < 4.78 is 12.2. The number of methoxy groups -OCH3 is 1. The fourth-order valence-corrected chi connectivity index (χ4v) is 5.71. The van der Waals surface area contributed by atoms with Gasteiger partial charge in [-0.05, 0) is 35.7 Å². The van der Waals surface area contributed by atoms with Crippen molar-refractivity contribution in [3.8, 4) is 11.5 Å². The van der Waals surface area contributed by atoms with Crippen molar-refractivity contribution < 1.29 is 14.3 Å². The predicted molar refractivity (Wildman–Crippen MR) is 153 cm³/mol. The van der Waals surface area contributed by atoms with Crippen molar-refractivity contribution in [3.05, 3.63) is 105 Å². The van der Waals surface area contributed by atoms with Crippen LogP contribution in [-0.2, 0) is 11.4 Å². The summed E-state index contributed by atoms with van der Waals surface area (Å²) in [4.78, 5) is 15.6. The molecule has 0 bridgehead atoms. The fraction of sp³-hybridized carbons (Fsp3) is 0.0714. The molecule has 8 heteroatoms. The van der Waals surface area contributed by atoms with Crippen LogP contribution in [0, 0.1) is 0 Å². The molecule has 4 aromatic carbocycles. The Labute approximate surface area is 228 Å². The highest BCUT2D eigenvalue weighted by Gasteiger charge is 2.34. The van der Waals surface area contributed by atoms with E-state index in [1.807, 2.05) is 60.7 Å². The first-order chi connectivity index (χ1) is 17.5. The largest absolute Gasteiger partial charge is 0.493 e. The molecular formula is C28H19Cl2NO3S2. The van der Waals surface area contributed by atoms with Crippen molar-refractivity contribution in [2.75, 3.05) is 12.0 Å². The van der Waals surface area contributed by atoms with Crippen LogP contribution in [0.2, 0.25) is 10.0 Å². The second-order valence-corrected chi connectivity index (χ2v) is 10.4. The Morgan fingerprint density at radius 2 is 1.78 bits per heavy atom. The van der Waals surface area contributed by atoms with Crippen LogP contribution in [0.3, 0.4) is 0 Å². The number of amides is 1. The van der Waals surface area contributed by atoms with E-state index in [-0.39, 0.29) is 12.5 Å². The summed E-state index contributed by atoms with van der Waals surface area (Å²) in [6.45, 7) is 0.203. The lowest BCUT2D eigenvalue weighted by molar-refractivity contribution is -0.113. The van der Waals surface area contributed by atoms with Crippen LogP contribution in [0.4, 0.5) is 5.69 Å². The van der Waals surface area contributed by atoms with Gasteiger partial charge in [0.15, 0.2) is 15.8 Å². The Balaban J connectivity index is 1.48. The fourth-order valence-electron chi connectivity index (χ4n) is 3.97. The van der Waals surface area contributed by atoms with Gasteiger partial charge in [0.2, 0.25) is 0 Å². The van der Waals surface area contributed by atoms with Gasteiger partial charge in [0.25, 0.3) is 5.91 Å². The zero-order chi connectivity index (χ0) is 25.2. The number of rotatable bonds is 6. The summed E-state index contributed by atoms with van der Waals surface area (Å²) in [5, 5.41) is 3.06. The summed E-state index contributed by atoms with van der Waals surface area (Å²) in [6.07, 6.45) is 1.78. The zero-order valence-corrected chi connectivity index (χ0v) is 22.2. The number of halogens is 2. The highest BCUT2D eigenvalue weighted by atomic mass is 35.5. The number of fused-ring (bicyclic) bond motifs is 1. The van der Waals surface area contributed by atoms with Gasteiger partial charge in [-0.25, -0.2) is 0 Å². The van der Waals surface area contributed by atoms with Gasteiger partial charge in [-0.15, -0.1) is 0 Å². The van der Waals surface area contributed by atoms with E-state index in [2.05, 4.69) is 0 Å². The first kappa shape index (κ1) is 24.7. The third kappa shape index (κ3) is 4.82. The maximum absolute atomic E-state index is 13.5. The third-order valence-corrected chi connectivity index (χ3v) is 7.59. The first-order valence-corrected chi connectivity index (χ1v) is 12.9. The quantitative estimate of drug-likeness (QED) is 0.178. The van der Waals surface area contributed by atoms with Crippen LogP contribution < -0.4 is 14.4 Å². The van der Waals surface area contributed by atoms with Gasteiger partial charge in [0.05, 0.1) is 17.7 Å². The summed E-state index contributed by atoms with van der Waals surface area (Å²) in [5.41, 5.74) is 2.23. The number of hydrogen-bond donors (Lipinski definition) is 0. The molecule has 4 nitrogen and oxygen atoms in total. The molecule has 0 aliphatic carbocycles. The maximum atomic E-state index is 13.5. The molecule has 5 rings (SSSR count). The van der Waals surface area contributed by atoms with E-state index >= 15 is 0 Å². The highest BCUT2D eigenvalue weighted by molar-refractivity contribution is 8.27. The van der Waals surface area contributed by atoms with Crippen molar-refractivity contribution in [2.24, 2.45) is 0 Å². The molecule has 4 aromatic rings. The van der Waals surface area contributed by atoms with E-state index in [0.717, 1.165) is 22.0 Å². The predicted octanol–water partition coefficient (Wildman–Crippen LogP) is 8.14. The minimum absolute atomic E-state index is 0.184. The summed E-state index contributed by atoms with van der Waals surface area (Å²) in [7, 11) is 1.57. The monoisotopic (exact) mass is 551 g/mol. The van der Waals surface area contributed by atoms with Gasteiger partial charge in [0, 0.05) is 26.6 Å². The second-order valence-electron chi connectivity index (χ2n) is 7.92. The number of carbonyl (C=O) groups is 1. The molecule has 0 N–H and O–H groups in total. The Kier molecular flexibility index (Phi) is 7.21. The molecule has 36 heavy (non-hydrogen) atoms. The van der Waals surface area contributed by atoms with Gasteiger partial charge in [0.1, 0.15) is 6.61 Å². The van der Waals surface area contributed by atoms with Crippen LogP contribution >= 0.6 is 47.2 Å².